The number of carboxylic acid groups (broad SMARTS) is 1. The van der Waals surface area contributed by atoms with Crippen LogP contribution in [0.2, 0.25) is 0 Å². The highest BCUT2D eigenvalue weighted by atomic mass is 16.7. The van der Waals surface area contributed by atoms with E-state index in [1.54, 1.807) is 6.92 Å². The van der Waals surface area contributed by atoms with E-state index in [-0.39, 0.29) is 0 Å². The average Bonchev–Trinajstić information content (AvgIpc) is 2.03. The first-order valence-corrected chi connectivity index (χ1v) is 3.31. The Bertz CT molecular complexity index is 206. The van der Waals surface area contributed by atoms with Crippen LogP contribution in [-0.4, -0.2) is 24.3 Å². The van der Waals surface area contributed by atoms with E-state index in [1.165, 1.54) is 6.08 Å². The van der Waals surface area contributed by atoms with E-state index >= 15 is 0 Å². The van der Waals surface area contributed by atoms with E-state index in [9.17, 15) is 9.59 Å². The molecule has 5 heteroatoms. The Balaban J connectivity index is 4.24. The van der Waals surface area contributed by atoms with Crippen molar-refractivity contribution in [1.82, 2.24) is 0 Å². The fourth-order valence-corrected chi connectivity index (χ4v) is 0.489. The van der Waals surface area contributed by atoms with E-state index in [0.717, 1.165) is 7.11 Å². The molecular weight excluding hydrogens is 164 g/mol. The number of carbonyl (C=O) groups excluding carboxylic acids is 1. The molecule has 0 bridgehead atoms. The van der Waals surface area contributed by atoms with Gasteiger partial charge in [-0.3, -0.25) is 0 Å². The molecule has 0 aromatic rings. The summed E-state index contributed by atoms with van der Waals surface area (Å²) in [5.41, 5.74) is 0. The predicted octanol–water partition coefficient (Wildman–Crippen LogP) is 1.15. The summed E-state index contributed by atoms with van der Waals surface area (Å²) >= 11 is 0. The number of rotatable bonds is 3. The van der Waals surface area contributed by atoms with E-state index in [4.69, 9.17) is 5.11 Å². The molecule has 0 atom stereocenters. The quantitative estimate of drug-likeness (QED) is 0.394. The zero-order chi connectivity index (χ0) is 9.56. The maximum atomic E-state index is 10.5. The summed E-state index contributed by atoms with van der Waals surface area (Å²) in [5.74, 6) is -1.70. The van der Waals surface area contributed by atoms with Crippen molar-refractivity contribution >= 4 is 12.1 Å². The molecule has 0 fully saturated rings. The van der Waals surface area contributed by atoms with Crippen molar-refractivity contribution in [3.8, 4) is 0 Å². The first-order valence-electron chi connectivity index (χ1n) is 3.31. The molecule has 0 aromatic carbocycles. The lowest BCUT2D eigenvalue weighted by Crippen LogP contribution is -2.11. The van der Waals surface area contributed by atoms with Gasteiger partial charge >= 0.3 is 12.1 Å². The Hall–Kier alpha value is -1.52. The standard InChI is InChI=1S/C7H10O5/c1-3-4-5(6(8)9)12-7(10)11-2/h4H,3H2,1-2H3,(H,8,9). The molecule has 0 aromatic heterocycles. The number of aliphatic carboxylic acids is 1. The summed E-state index contributed by atoms with van der Waals surface area (Å²) in [7, 11) is 1.10. The van der Waals surface area contributed by atoms with Gasteiger partial charge in [-0.25, -0.2) is 9.59 Å². The zero-order valence-electron chi connectivity index (χ0n) is 6.86. The van der Waals surface area contributed by atoms with Gasteiger partial charge in [-0.1, -0.05) is 6.92 Å². The minimum absolute atomic E-state index is 0.413. The van der Waals surface area contributed by atoms with Crippen molar-refractivity contribution in [2.24, 2.45) is 0 Å². The zero-order valence-corrected chi connectivity index (χ0v) is 6.86. The van der Waals surface area contributed by atoms with Crippen LogP contribution in [-0.2, 0) is 14.3 Å². The third-order valence-corrected chi connectivity index (χ3v) is 0.960. The number of ether oxygens (including phenoxy) is 2. The third kappa shape index (κ3) is 3.60. The summed E-state index contributed by atoms with van der Waals surface area (Å²) in [4.78, 5) is 20.8. The largest absolute Gasteiger partial charge is 0.513 e. The van der Waals surface area contributed by atoms with Gasteiger partial charge in [0, 0.05) is 0 Å². The molecular formula is C7H10O5. The normalized spacial score (nSPS) is 10.7. The van der Waals surface area contributed by atoms with Crippen LogP contribution >= 0.6 is 0 Å². The van der Waals surface area contributed by atoms with Gasteiger partial charge in [0.15, 0.2) is 0 Å². The van der Waals surface area contributed by atoms with Gasteiger partial charge in [0.2, 0.25) is 5.76 Å². The van der Waals surface area contributed by atoms with Crippen LogP contribution in [0.5, 0.6) is 0 Å². The molecule has 0 saturated carbocycles. The van der Waals surface area contributed by atoms with Crippen LogP contribution in [0.4, 0.5) is 4.79 Å². The molecule has 5 nitrogen and oxygen atoms in total. The molecule has 0 aliphatic carbocycles. The minimum Gasteiger partial charge on any atom is -0.475 e. The molecule has 0 rings (SSSR count). The summed E-state index contributed by atoms with van der Waals surface area (Å²) < 4.78 is 8.41. The molecule has 0 radical (unpaired) electrons. The van der Waals surface area contributed by atoms with Gasteiger partial charge in [0.1, 0.15) is 0 Å². The highest BCUT2D eigenvalue weighted by molar-refractivity contribution is 5.86. The first-order chi connectivity index (χ1) is 5.61. The summed E-state index contributed by atoms with van der Waals surface area (Å²) in [6.45, 7) is 1.73. The summed E-state index contributed by atoms with van der Waals surface area (Å²) in [6.07, 6.45) is 0.717. The Morgan fingerprint density at radius 3 is 2.42 bits per heavy atom. The Labute approximate surface area is 69.6 Å². The SMILES string of the molecule is CCC=C(OC(=O)OC)C(=O)O. The number of hydrogen-bond donors (Lipinski definition) is 1. The number of allylic oxidation sites excluding steroid dienone is 1. The lowest BCUT2D eigenvalue weighted by molar-refractivity contribution is -0.136. The average molecular weight is 174 g/mol. The molecule has 0 amide bonds. The summed E-state index contributed by atoms with van der Waals surface area (Å²) in [6, 6.07) is 0. The smallest absolute Gasteiger partial charge is 0.475 e. The first kappa shape index (κ1) is 10.5. The maximum absolute atomic E-state index is 10.5. The van der Waals surface area contributed by atoms with E-state index < -0.39 is 17.9 Å². The number of hydrogen-bond acceptors (Lipinski definition) is 4. The Morgan fingerprint density at radius 1 is 1.50 bits per heavy atom. The Kier molecular flexibility index (Phi) is 4.52. The highest BCUT2D eigenvalue weighted by Crippen LogP contribution is 2.01. The van der Waals surface area contributed by atoms with Crippen LogP contribution in [0.15, 0.2) is 11.8 Å². The number of carboxylic acids is 1. The van der Waals surface area contributed by atoms with Crippen molar-refractivity contribution in [3.05, 3.63) is 11.8 Å². The fraction of sp³-hybridized carbons (Fsp3) is 0.429. The molecule has 0 unspecified atom stereocenters. The van der Waals surface area contributed by atoms with Gasteiger partial charge < -0.3 is 14.6 Å². The molecule has 0 aliphatic heterocycles. The minimum atomic E-state index is -1.29. The Morgan fingerprint density at radius 2 is 2.08 bits per heavy atom. The fourth-order valence-electron chi connectivity index (χ4n) is 0.489. The van der Waals surface area contributed by atoms with Gasteiger partial charge in [-0.15, -0.1) is 0 Å². The van der Waals surface area contributed by atoms with E-state index in [2.05, 4.69) is 9.47 Å². The molecule has 0 saturated heterocycles. The molecule has 0 spiro atoms. The van der Waals surface area contributed by atoms with Crippen LogP contribution in [0, 0.1) is 0 Å². The van der Waals surface area contributed by atoms with E-state index in [0.29, 0.717) is 6.42 Å². The van der Waals surface area contributed by atoms with Gasteiger partial charge in [-0.05, 0) is 12.5 Å². The van der Waals surface area contributed by atoms with Crippen LogP contribution in [0.3, 0.4) is 0 Å². The van der Waals surface area contributed by atoms with Crippen molar-refractivity contribution < 1.29 is 24.2 Å². The van der Waals surface area contributed by atoms with Crippen molar-refractivity contribution in [3.63, 3.8) is 0 Å². The second kappa shape index (κ2) is 5.17. The van der Waals surface area contributed by atoms with Crippen molar-refractivity contribution in [2.75, 3.05) is 7.11 Å². The molecule has 12 heavy (non-hydrogen) atoms. The predicted molar refractivity (Wildman–Crippen MR) is 39.5 cm³/mol. The van der Waals surface area contributed by atoms with Gasteiger partial charge in [-0.2, -0.15) is 0 Å². The van der Waals surface area contributed by atoms with Crippen molar-refractivity contribution in [2.45, 2.75) is 13.3 Å². The highest BCUT2D eigenvalue weighted by Gasteiger charge is 2.12. The second-order valence-corrected chi connectivity index (χ2v) is 1.84. The van der Waals surface area contributed by atoms with Crippen LogP contribution in [0.25, 0.3) is 0 Å². The van der Waals surface area contributed by atoms with Crippen molar-refractivity contribution in [1.29, 1.82) is 0 Å². The van der Waals surface area contributed by atoms with Gasteiger partial charge in [0.05, 0.1) is 7.11 Å². The second-order valence-electron chi connectivity index (χ2n) is 1.84. The monoisotopic (exact) mass is 174 g/mol. The number of methoxy groups -OCH3 is 1. The van der Waals surface area contributed by atoms with Crippen LogP contribution < -0.4 is 0 Å². The lowest BCUT2D eigenvalue weighted by atomic mass is 10.4. The molecule has 0 heterocycles. The number of carbonyl (C=O) groups is 2. The lowest BCUT2D eigenvalue weighted by Gasteiger charge is -2.01. The topological polar surface area (TPSA) is 72.8 Å². The molecule has 1 N–H and O–H groups in total. The van der Waals surface area contributed by atoms with E-state index in [1.807, 2.05) is 0 Å². The van der Waals surface area contributed by atoms with Gasteiger partial charge in [0.25, 0.3) is 0 Å². The molecule has 68 valence electrons. The third-order valence-electron chi connectivity index (χ3n) is 0.960. The van der Waals surface area contributed by atoms with Crippen LogP contribution in [0.1, 0.15) is 13.3 Å². The molecule has 0 aliphatic rings. The maximum Gasteiger partial charge on any atom is 0.513 e. The summed E-state index contributed by atoms with van der Waals surface area (Å²) in [5, 5.41) is 8.45.